The summed E-state index contributed by atoms with van der Waals surface area (Å²) >= 11 is 0. The van der Waals surface area contributed by atoms with Gasteiger partial charge in [-0.2, -0.15) is 0 Å². The smallest absolute Gasteiger partial charge is 0.275 e. The number of rotatable bonds is 13. The zero-order valence-electron chi connectivity index (χ0n) is 20.3. The molecule has 2 aromatic rings. The van der Waals surface area contributed by atoms with Crippen molar-refractivity contribution >= 4 is 24.5 Å². The molecular formula is C22H34N5O5PS. The molecule has 1 amide bonds. The number of amides is 1. The highest BCUT2D eigenvalue weighted by Crippen LogP contribution is 2.31. The monoisotopic (exact) mass is 511 g/mol. The number of nitrogens with one attached hydrogen (secondary N) is 2. The number of ether oxygens (including phenoxy) is 1. The molecule has 1 heterocycles. The number of carbonyl (C=O) groups is 1. The third-order valence-electron chi connectivity index (χ3n) is 5.05. The standard InChI is InChI=1S/C22H34N5O5PS/c1-6-9-19(28)23-15(4)20-22(29)24-21(26-25-20)17-14-16(10-11-18(17)32-7-2)34(30,31)27(5)12-13-33-8-3/h10-11,14-15,33H,6-9,12-13H2,1-5H3,(H,23,28)(H,24,26,29). The van der Waals surface area contributed by atoms with Crippen molar-refractivity contribution in [2.75, 3.05) is 32.5 Å². The molecular weight excluding hydrogens is 477 g/mol. The molecule has 34 heavy (non-hydrogen) atoms. The van der Waals surface area contributed by atoms with Crippen LogP contribution >= 0.6 is 8.58 Å². The highest BCUT2D eigenvalue weighted by Gasteiger charge is 2.24. The van der Waals surface area contributed by atoms with Gasteiger partial charge in [0.05, 0.1) is 23.1 Å². The Bertz CT molecular complexity index is 1140. The van der Waals surface area contributed by atoms with Gasteiger partial charge in [0.15, 0.2) is 11.5 Å². The van der Waals surface area contributed by atoms with Gasteiger partial charge < -0.3 is 15.0 Å². The fourth-order valence-electron chi connectivity index (χ4n) is 3.21. The van der Waals surface area contributed by atoms with Crippen molar-refractivity contribution in [2.45, 2.75) is 51.5 Å². The summed E-state index contributed by atoms with van der Waals surface area (Å²) in [7, 11) is -1.49. The molecule has 2 unspecified atom stereocenters. The predicted octanol–water partition coefficient (Wildman–Crippen LogP) is 2.53. The Morgan fingerprint density at radius 1 is 1.26 bits per heavy atom. The summed E-state index contributed by atoms with van der Waals surface area (Å²) in [6.07, 6.45) is 2.85. The Morgan fingerprint density at radius 3 is 2.62 bits per heavy atom. The average Bonchev–Trinajstić information content (AvgIpc) is 2.79. The van der Waals surface area contributed by atoms with E-state index in [0.717, 1.165) is 12.3 Å². The Morgan fingerprint density at radius 2 is 2.00 bits per heavy atom. The van der Waals surface area contributed by atoms with Crippen LogP contribution in [0.4, 0.5) is 0 Å². The third kappa shape index (κ3) is 7.07. The summed E-state index contributed by atoms with van der Waals surface area (Å²) < 4.78 is 33.1. The average molecular weight is 512 g/mol. The first-order valence-corrected chi connectivity index (χ1v) is 14.2. The van der Waals surface area contributed by atoms with Gasteiger partial charge in [-0.3, -0.25) is 9.59 Å². The molecule has 188 valence electrons. The van der Waals surface area contributed by atoms with Crippen LogP contribution in [-0.2, 0) is 14.8 Å². The molecule has 0 saturated carbocycles. The maximum atomic E-state index is 13.1. The lowest BCUT2D eigenvalue weighted by Crippen LogP contribution is -2.32. The van der Waals surface area contributed by atoms with Crippen LogP contribution in [-0.4, -0.2) is 66.3 Å². The molecule has 0 radical (unpaired) electrons. The number of aromatic nitrogens is 3. The van der Waals surface area contributed by atoms with E-state index in [1.807, 2.05) is 6.92 Å². The van der Waals surface area contributed by atoms with Crippen LogP contribution in [0.1, 0.15) is 52.3 Å². The summed E-state index contributed by atoms with van der Waals surface area (Å²) in [5.41, 5.74) is -0.153. The van der Waals surface area contributed by atoms with Gasteiger partial charge in [0.25, 0.3) is 5.56 Å². The van der Waals surface area contributed by atoms with Crippen molar-refractivity contribution in [3.63, 3.8) is 0 Å². The largest absolute Gasteiger partial charge is 0.493 e. The summed E-state index contributed by atoms with van der Waals surface area (Å²) in [5, 5.41) is 10.9. The van der Waals surface area contributed by atoms with E-state index in [0.29, 0.717) is 45.9 Å². The van der Waals surface area contributed by atoms with Crippen molar-refractivity contribution in [3.8, 4) is 17.1 Å². The quantitative estimate of drug-likeness (QED) is 0.312. The van der Waals surface area contributed by atoms with Crippen molar-refractivity contribution in [1.29, 1.82) is 0 Å². The summed E-state index contributed by atoms with van der Waals surface area (Å²) in [5.74, 6) is 0.274. The van der Waals surface area contributed by atoms with Crippen LogP contribution in [0, 0.1) is 0 Å². The molecule has 12 heteroatoms. The first kappa shape index (κ1) is 27.9. The molecule has 1 aromatic carbocycles. The minimum atomic E-state index is -3.74. The molecule has 1 aromatic heterocycles. The van der Waals surface area contributed by atoms with E-state index in [1.165, 1.54) is 16.4 Å². The maximum Gasteiger partial charge on any atom is 0.275 e. The minimum Gasteiger partial charge on any atom is -0.493 e. The van der Waals surface area contributed by atoms with Gasteiger partial charge in [-0.05, 0) is 50.8 Å². The molecule has 0 saturated heterocycles. The van der Waals surface area contributed by atoms with E-state index >= 15 is 0 Å². The van der Waals surface area contributed by atoms with Crippen molar-refractivity contribution in [2.24, 2.45) is 0 Å². The number of hydrogen-bond acceptors (Lipinski definition) is 7. The Balaban J connectivity index is 2.42. The number of hydrogen-bond donors (Lipinski definition) is 2. The van der Waals surface area contributed by atoms with Crippen molar-refractivity contribution < 1.29 is 17.9 Å². The van der Waals surface area contributed by atoms with Gasteiger partial charge >= 0.3 is 0 Å². The maximum absolute atomic E-state index is 13.1. The molecule has 2 N–H and O–H groups in total. The Kier molecular flexibility index (Phi) is 10.6. The Labute approximate surface area is 202 Å². The first-order valence-electron chi connectivity index (χ1n) is 11.4. The molecule has 2 atom stereocenters. The number of aromatic amines is 1. The van der Waals surface area contributed by atoms with Crippen LogP contribution in [0.25, 0.3) is 11.4 Å². The lowest BCUT2D eigenvalue weighted by molar-refractivity contribution is -0.121. The summed E-state index contributed by atoms with van der Waals surface area (Å²) in [4.78, 5) is 27.3. The van der Waals surface area contributed by atoms with Gasteiger partial charge in [-0.1, -0.05) is 13.8 Å². The third-order valence-corrected chi connectivity index (χ3v) is 7.98. The molecule has 2 rings (SSSR count). The normalized spacial score (nSPS) is 12.9. The summed E-state index contributed by atoms with van der Waals surface area (Å²) in [6.45, 7) is 8.17. The van der Waals surface area contributed by atoms with Gasteiger partial charge in [0.2, 0.25) is 15.9 Å². The number of H-pyrrole nitrogens is 1. The van der Waals surface area contributed by atoms with Crippen molar-refractivity contribution in [3.05, 3.63) is 34.2 Å². The second-order valence-electron chi connectivity index (χ2n) is 7.70. The second kappa shape index (κ2) is 12.9. The molecule has 0 aliphatic rings. The molecule has 0 bridgehead atoms. The van der Waals surface area contributed by atoms with Crippen LogP contribution in [0.15, 0.2) is 27.9 Å². The van der Waals surface area contributed by atoms with Crippen LogP contribution in [0.2, 0.25) is 0 Å². The van der Waals surface area contributed by atoms with Crippen LogP contribution in [0.5, 0.6) is 5.75 Å². The highest BCUT2D eigenvalue weighted by molar-refractivity contribution is 7.89. The first-order chi connectivity index (χ1) is 16.1. The number of benzene rings is 1. The number of nitrogens with zero attached hydrogens (tertiary/aromatic N) is 3. The molecule has 0 aliphatic carbocycles. The summed E-state index contributed by atoms with van der Waals surface area (Å²) in [6, 6.07) is 3.84. The van der Waals surface area contributed by atoms with Crippen LogP contribution in [0.3, 0.4) is 0 Å². The SMILES string of the molecule is CCCC(=O)NC(C)c1nnc(-c2cc(S(=O)(=O)N(C)CCPCC)ccc2OCC)[nH]c1=O. The lowest BCUT2D eigenvalue weighted by Gasteiger charge is -2.18. The van der Waals surface area contributed by atoms with E-state index in [9.17, 15) is 18.0 Å². The second-order valence-corrected chi connectivity index (χ2v) is 11.5. The van der Waals surface area contributed by atoms with E-state index < -0.39 is 21.6 Å². The van der Waals surface area contributed by atoms with E-state index in [1.54, 1.807) is 27.0 Å². The van der Waals surface area contributed by atoms with E-state index in [-0.39, 0.29) is 22.3 Å². The number of sulfonamides is 1. The lowest BCUT2D eigenvalue weighted by atomic mass is 10.2. The minimum absolute atomic E-state index is 0.0615. The van der Waals surface area contributed by atoms with Gasteiger partial charge in [0.1, 0.15) is 5.75 Å². The molecule has 0 fully saturated rings. The molecule has 0 spiro atoms. The Hall–Kier alpha value is -2.36. The van der Waals surface area contributed by atoms with Gasteiger partial charge in [-0.25, -0.2) is 12.7 Å². The fraction of sp³-hybridized carbons (Fsp3) is 0.545. The van der Waals surface area contributed by atoms with E-state index in [4.69, 9.17) is 4.74 Å². The predicted molar refractivity (Wildman–Crippen MR) is 134 cm³/mol. The topological polar surface area (TPSA) is 134 Å². The molecule has 0 aliphatic heterocycles. The zero-order valence-corrected chi connectivity index (χ0v) is 22.2. The van der Waals surface area contributed by atoms with E-state index in [2.05, 4.69) is 27.4 Å². The number of carbonyl (C=O) groups excluding carboxylic acids is 1. The fourth-order valence-corrected chi connectivity index (χ4v) is 5.42. The van der Waals surface area contributed by atoms with Gasteiger partial charge in [-0.15, -0.1) is 18.8 Å². The zero-order chi connectivity index (χ0) is 25.3. The highest BCUT2D eigenvalue weighted by atomic mass is 32.2. The van der Waals surface area contributed by atoms with Crippen LogP contribution < -0.4 is 15.6 Å². The van der Waals surface area contributed by atoms with Crippen molar-refractivity contribution in [1.82, 2.24) is 24.8 Å². The van der Waals surface area contributed by atoms with Gasteiger partial charge in [0, 0.05) is 20.0 Å². The molecule has 10 nitrogen and oxygen atoms in total.